The summed E-state index contributed by atoms with van der Waals surface area (Å²) >= 11 is 0. The van der Waals surface area contributed by atoms with Gasteiger partial charge < -0.3 is 10.1 Å². The van der Waals surface area contributed by atoms with Crippen LogP contribution in [0.3, 0.4) is 0 Å². The average Bonchev–Trinajstić information content (AvgIpc) is 2.16. The molecule has 0 fully saturated rings. The van der Waals surface area contributed by atoms with Gasteiger partial charge in [-0.25, -0.2) is 9.78 Å². The number of carbonyl (C=O) groups excluding carboxylic acids is 1. The van der Waals surface area contributed by atoms with E-state index in [4.69, 9.17) is 5.41 Å². The van der Waals surface area contributed by atoms with Crippen LogP contribution < -0.4 is 5.46 Å². The van der Waals surface area contributed by atoms with E-state index in [0.717, 1.165) is 11.7 Å². The molecule has 5 heteroatoms. The van der Waals surface area contributed by atoms with E-state index < -0.39 is 5.97 Å². The number of hydrogen-bond acceptors (Lipinski definition) is 4. The van der Waals surface area contributed by atoms with Gasteiger partial charge in [0.25, 0.3) is 0 Å². The van der Waals surface area contributed by atoms with Crippen molar-refractivity contribution in [3.63, 3.8) is 0 Å². The molecule has 0 unspecified atom stereocenters. The summed E-state index contributed by atoms with van der Waals surface area (Å²) in [4.78, 5) is 15.0. The van der Waals surface area contributed by atoms with Gasteiger partial charge in [-0.05, 0) is 6.07 Å². The number of methoxy groups -OCH3 is 1. The molecule has 0 aliphatic carbocycles. The third kappa shape index (κ3) is 1.74. The minimum Gasteiger partial charge on any atom is -0.464 e. The Bertz CT molecular complexity index is 352. The number of rotatable bonds is 2. The van der Waals surface area contributed by atoms with Gasteiger partial charge in [0.1, 0.15) is 7.85 Å². The van der Waals surface area contributed by atoms with E-state index in [1.54, 1.807) is 6.07 Å². The van der Waals surface area contributed by atoms with Crippen LogP contribution in [0, 0.1) is 5.41 Å². The first-order valence-corrected chi connectivity index (χ1v) is 3.75. The fourth-order valence-electron chi connectivity index (χ4n) is 1.01. The molecule has 0 saturated carbocycles. The quantitative estimate of drug-likeness (QED) is 0.361. The summed E-state index contributed by atoms with van der Waals surface area (Å²) in [5, 5.41) is 7.12. The fourth-order valence-corrected chi connectivity index (χ4v) is 1.01. The fraction of sp³-hybridized carbons (Fsp3) is 0.125. The van der Waals surface area contributed by atoms with E-state index in [1.165, 1.54) is 13.3 Å². The number of nitrogens with one attached hydrogen (secondary N) is 1. The first kappa shape index (κ1) is 9.44. The Morgan fingerprint density at radius 3 is 3.00 bits per heavy atom. The maximum atomic E-state index is 11.2. The normalized spacial score (nSPS) is 9.31. The molecule has 1 aromatic heterocycles. The van der Waals surface area contributed by atoms with Crippen LogP contribution in [0.5, 0.6) is 0 Å². The SMILES string of the molecule is Bc1ccnc(C(=O)OC)c1C=N. The summed E-state index contributed by atoms with van der Waals surface area (Å²) in [7, 11) is 3.11. The van der Waals surface area contributed by atoms with Crippen LogP contribution in [0.2, 0.25) is 0 Å². The second-order valence-electron chi connectivity index (χ2n) is 2.53. The molecule has 1 heterocycles. The molecule has 0 atom stereocenters. The van der Waals surface area contributed by atoms with Crippen molar-refractivity contribution in [1.82, 2.24) is 4.98 Å². The Balaban J connectivity index is 3.28. The highest BCUT2D eigenvalue weighted by molar-refractivity contribution is 6.36. The summed E-state index contributed by atoms with van der Waals surface area (Å²) in [6.45, 7) is 0. The van der Waals surface area contributed by atoms with Crippen molar-refractivity contribution in [1.29, 1.82) is 5.41 Å². The third-order valence-electron chi connectivity index (χ3n) is 1.73. The Morgan fingerprint density at radius 1 is 1.77 bits per heavy atom. The van der Waals surface area contributed by atoms with Crippen LogP contribution in [0.25, 0.3) is 0 Å². The van der Waals surface area contributed by atoms with Crippen molar-refractivity contribution in [3.05, 3.63) is 23.5 Å². The topological polar surface area (TPSA) is 63.0 Å². The van der Waals surface area contributed by atoms with Gasteiger partial charge in [-0.15, -0.1) is 0 Å². The number of hydrogen-bond donors (Lipinski definition) is 1. The van der Waals surface area contributed by atoms with Crippen LogP contribution in [-0.2, 0) is 4.74 Å². The highest BCUT2D eigenvalue weighted by Crippen LogP contribution is 2.00. The summed E-state index contributed by atoms with van der Waals surface area (Å²) in [5.41, 5.74) is 1.54. The van der Waals surface area contributed by atoms with Gasteiger partial charge in [-0.1, -0.05) is 5.46 Å². The maximum absolute atomic E-state index is 11.2. The van der Waals surface area contributed by atoms with Gasteiger partial charge in [-0.2, -0.15) is 0 Å². The molecule has 0 amide bonds. The van der Waals surface area contributed by atoms with Gasteiger partial charge in [0.2, 0.25) is 0 Å². The standard InChI is InChI=1S/C8H9BN2O2/c1-13-8(12)7-5(4-10)6(9)2-3-11-7/h2-4,10H,9H2,1H3. The summed E-state index contributed by atoms with van der Waals surface area (Å²) in [5.74, 6) is -0.512. The lowest BCUT2D eigenvalue weighted by Gasteiger charge is -2.04. The smallest absolute Gasteiger partial charge is 0.357 e. The van der Waals surface area contributed by atoms with E-state index in [-0.39, 0.29) is 5.69 Å². The number of nitrogens with zero attached hydrogens (tertiary/aromatic N) is 1. The van der Waals surface area contributed by atoms with Gasteiger partial charge >= 0.3 is 5.97 Å². The molecule has 1 N–H and O–H groups in total. The number of esters is 1. The van der Waals surface area contributed by atoms with E-state index in [9.17, 15) is 4.79 Å². The summed E-state index contributed by atoms with van der Waals surface area (Å²) in [6.07, 6.45) is 2.63. The predicted molar refractivity (Wildman–Crippen MR) is 51.6 cm³/mol. The zero-order valence-corrected chi connectivity index (χ0v) is 7.50. The Hall–Kier alpha value is -1.65. The molecular formula is C8H9BN2O2. The lowest BCUT2D eigenvalue weighted by Crippen LogP contribution is -2.18. The van der Waals surface area contributed by atoms with Gasteiger partial charge in [-0.3, -0.25) is 0 Å². The lowest BCUT2D eigenvalue weighted by atomic mass is 9.91. The van der Waals surface area contributed by atoms with Gasteiger partial charge in [0.05, 0.1) is 7.11 Å². The molecule has 0 spiro atoms. The van der Waals surface area contributed by atoms with Crippen molar-refractivity contribution in [2.24, 2.45) is 0 Å². The van der Waals surface area contributed by atoms with Crippen LogP contribution in [0.4, 0.5) is 0 Å². The zero-order chi connectivity index (χ0) is 9.84. The van der Waals surface area contributed by atoms with Crippen LogP contribution in [0.1, 0.15) is 16.1 Å². The number of pyridine rings is 1. The molecule has 1 aromatic rings. The first-order valence-electron chi connectivity index (χ1n) is 3.75. The van der Waals surface area contributed by atoms with Crippen molar-refractivity contribution >= 4 is 25.5 Å². The number of carbonyl (C=O) groups is 1. The molecule has 0 radical (unpaired) electrons. The van der Waals surface area contributed by atoms with Crippen molar-refractivity contribution in [2.45, 2.75) is 0 Å². The van der Waals surface area contributed by atoms with E-state index >= 15 is 0 Å². The molecule has 4 nitrogen and oxygen atoms in total. The summed E-state index contributed by atoms with van der Waals surface area (Å²) in [6, 6.07) is 1.74. The molecule has 13 heavy (non-hydrogen) atoms. The lowest BCUT2D eigenvalue weighted by molar-refractivity contribution is 0.0594. The highest BCUT2D eigenvalue weighted by Gasteiger charge is 2.12. The maximum Gasteiger partial charge on any atom is 0.357 e. The highest BCUT2D eigenvalue weighted by atomic mass is 16.5. The molecule has 66 valence electrons. The molecule has 0 saturated heterocycles. The Labute approximate surface area is 76.9 Å². The second-order valence-corrected chi connectivity index (χ2v) is 2.53. The van der Waals surface area contributed by atoms with Crippen LogP contribution in [0.15, 0.2) is 12.3 Å². The Kier molecular flexibility index (Phi) is 2.79. The summed E-state index contributed by atoms with van der Waals surface area (Å²) < 4.78 is 4.53. The predicted octanol–water partition coefficient (Wildman–Crippen LogP) is -0.876. The largest absolute Gasteiger partial charge is 0.464 e. The van der Waals surface area contributed by atoms with Crippen molar-refractivity contribution in [2.75, 3.05) is 7.11 Å². The first-order chi connectivity index (χ1) is 6.20. The van der Waals surface area contributed by atoms with E-state index in [2.05, 4.69) is 9.72 Å². The van der Waals surface area contributed by atoms with E-state index in [0.29, 0.717) is 5.56 Å². The van der Waals surface area contributed by atoms with Gasteiger partial charge in [0, 0.05) is 18.0 Å². The van der Waals surface area contributed by atoms with Crippen LogP contribution >= 0.6 is 0 Å². The zero-order valence-electron chi connectivity index (χ0n) is 7.50. The minimum atomic E-state index is -0.512. The monoisotopic (exact) mass is 176 g/mol. The average molecular weight is 176 g/mol. The van der Waals surface area contributed by atoms with Crippen molar-refractivity contribution < 1.29 is 9.53 Å². The van der Waals surface area contributed by atoms with Crippen LogP contribution in [-0.4, -0.2) is 32.1 Å². The molecule has 0 aliphatic heterocycles. The molecular weight excluding hydrogens is 167 g/mol. The number of aromatic nitrogens is 1. The molecule has 0 bridgehead atoms. The number of ether oxygens (including phenoxy) is 1. The van der Waals surface area contributed by atoms with Crippen molar-refractivity contribution in [3.8, 4) is 0 Å². The Morgan fingerprint density at radius 2 is 2.46 bits per heavy atom. The van der Waals surface area contributed by atoms with E-state index in [1.807, 2.05) is 7.85 Å². The molecule has 0 aromatic carbocycles. The third-order valence-corrected chi connectivity index (χ3v) is 1.73. The second kappa shape index (κ2) is 3.84. The molecule has 1 rings (SSSR count). The van der Waals surface area contributed by atoms with Gasteiger partial charge in [0.15, 0.2) is 5.69 Å². The minimum absolute atomic E-state index is 0.192. The molecule has 0 aliphatic rings.